The average molecular weight is 614 g/mol. The molecule has 2 aromatic carbocycles. The van der Waals surface area contributed by atoms with Gasteiger partial charge in [-0.2, -0.15) is 10.2 Å². The summed E-state index contributed by atoms with van der Waals surface area (Å²) >= 11 is 0. The summed E-state index contributed by atoms with van der Waals surface area (Å²) in [6.07, 6.45) is 6.51. The fourth-order valence-electron chi connectivity index (χ4n) is 5.39. The number of carbonyl (C=O) groups excluding carboxylic acids is 1. The molecule has 6 rings (SSSR count). The van der Waals surface area contributed by atoms with Crippen molar-refractivity contribution in [1.29, 1.82) is 0 Å². The van der Waals surface area contributed by atoms with E-state index in [1.54, 1.807) is 41.2 Å². The lowest BCUT2D eigenvalue weighted by atomic mass is 10.1. The van der Waals surface area contributed by atoms with Gasteiger partial charge in [0.15, 0.2) is 17.2 Å². The summed E-state index contributed by atoms with van der Waals surface area (Å²) < 4.78 is 35.5. The van der Waals surface area contributed by atoms with E-state index >= 15 is 0 Å². The van der Waals surface area contributed by atoms with Crippen LogP contribution in [0.2, 0.25) is 0 Å². The highest BCUT2D eigenvalue weighted by atomic mass is 19.1. The lowest BCUT2D eigenvalue weighted by Crippen LogP contribution is -2.42. The molecule has 0 spiro atoms. The number of rotatable bonds is 7. The summed E-state index contributed by atoms with van der Waals surface area (Å²) in [6.45, 7) is 7.17. The van der Waals surface area contributed by atoms with Gasteiger partial charge in [-0.25, -0.2) is 18.9 Å². The Hall–Kier alpha value is -5.13. The average Bonchev–Trinajstić information content (AvgIpc) is 3.64. The van der Waals surface area contributed by atoms with Gasteiger partial charge in [-0.15, -0.1) is 0 Å². The molecule has 12 heteroatoms. The van der Waals surface area contributed by atoms with Gasteiger partial charge in [-0.05, 0) is 69.5 Å². The number of aromatic nitrogens is 5. The van der Waals surface area contributed by atoms with Gasteiger partial charge in [0.25, 0.3) is 0 Å². The van der Waals surface area contributed by atoms with Crippen molar-refractivity contribution >= 4 is 22.8 Å². The van der Waals surface area contributed by atoms with Gasteiger partial charge < -0.3 is 24.8 Å². The molecular formula is C33H36FN7O4. The van der Waals surface area contributed by atoms with Crippen molar-refractivity contribution in [3.05, 3.63) is 78.5 Å². The topological polar surface area (TPSA) is 123 Å². The summed E-state index contributed by atoms with van der Waals surface area (Å²) in [6, 6.07) is 13.8. The maximum absolute atomic E-state index is 14.8. The molecule has 2 N–H and O–H groups in total. The zero-order valence-corrected chi connectivity index (χ0v) is 25.7. The first kappa shape index (κ1) is 29.9. The predicted molar refractivity (Wildman–Crippen MR) is 168 cm³/mol. The minimum Gasteiger partial charge on any atom is -0.497 e. The Morgan fingerprint density at radius 3 is 2.51 bits per heavy atom. The summed E-state index contributed by atoms with van der Waals surface area (Å²) in [5.74, 6) is 0.627. The van der Waals surface area contributed by atoms with Crippen molar-refractivity contribution in [3.8, 4) is 28.5 Å². The number of fused-ring (bicyclic) bond motifs is 1. The van der Waals surface area contributed by atoms with Gasteiger partial charge >= 0.3 is 6.09 Å². The van der Waals surface area contributed by atoms with E-state index < -0.39 is 11.4 Å². The second-order valence-electron chi connectivity index (χ2n) is 12.1. The molecule has 0 saturated carbocycles. The summed E-state index contributed by atoms with van der Waals surface area (Å²) in [5, 5.41) is 10.3. The number of carbonyl (C=O) groups is 1. The molecule has 1 aliphatic heterocycles. The molecule has 11 nitrogen and oxygen atoms in total. The van der Waals surface area contributed by atoms with Gasteiger partial charge in [0.2, 0.25) is 0 Å². The number of hydrogen-bond acceptors (Lipinski definition) is 8. The highest BCUT2D eigenvalue weighted by molar-refractivity contribution is 5.96. The number of nitrogens with zero attached hydrogens (tertiary/aromatic N) is 6. The first-order chi connectivity index (χ1) is 21.6. The van der Waals surface area contributed by atoms with Crippen molar-refractivity contribution in [2.24, 2.45) is 0 Å². The third-order valence-corrected chi connectivity index (χ3v) is 7.63. The second kappa shape index (κ2) is 12.1. The lowest BCUT2D eigenvalue weighted by Gasteiger charge is -2.33. The van der Waals surface area contributed by atoms with E-state index in [0.29, 0.717) is 47.8 Å². The van der Waals surface area contributed by atoms with Crippen LogP contribution in [0.3, 0.4) is 0 Å². The first-order valence-electron chi connectivity index (χ1n) is 14.8. The van der Waals surface area contributed by atoms with Crippen molar-refractivity contribution in [2.75, 3.05) is 25.9 Å². The number of methoxy groups -OCH3 is 1. The Morgan fingerprint density at radius 1 is 1.07 bits per heavy atom. The van der Waals surface area contributed by atoms with E-state index in [4.69, 9.17) is 25.0 Å². The van der Waals surface area contributed by atoms with Crippen LogP contribution in [0.5, 0.6) is 17.2 Å². The SMILES string of the molecule is COc1ccc(Cn2nc(-c3cnn(C4CCN(C(=O)OC(C)(C)C)CC4)c3)c3c(Oc4ccc(N)cc4F)ccnc32)cc1. The van der Waals surface area contributed by atoms with Crippen molar-refractivity contribution in [3.63, 3.8) is 0 Å². The number of amides is 1. The number of benzene rings is 2. The fraction of sp³-hybridized carbons (Fsp3) is 0.333. The molecule has 1 fully saturated rings. The zero-order chi connectivity index (χ0) is 31.7. The number of nitrogen functional groups attached to an aromatic ring is 1. The Balaban J connectivity index is 1.32. The summed E-state index contributed by atoms with van der Waals surface area (Å²) in [7, 11) is 1.63. The van der Waals surface area contributed by atoms with E-state index in [-0.39, 0.29) is 17.9 Å². The minimum absolute atomic E-state index is 0.0398. The quantitative estimate of drug-likeness (QED) is 0.208. The molecule has 0 aliphatic carbocycles. The molecule has 0 unspecified atom stereocenters. The van der Waals surface area contributed by atoms with Gasteiger partial charge in [0, 0.05) is 42.8 Å². The van der Waals surface area contributed by atoms with Crippen LogP contribution in [0, 0.1) is 5.82 Å². The van der Waals surface area contributed by atoms with Gasteiger partial charge in [0.05, 0.1) is 31.3 Å². The molecule has 1 saturated heterocycles. The van der Waals surface area contributed by atoms with Crippen LogP contribution in [0.4, 0.5) is 14.9 Å². The van der Waals surface area contributed by atoms with E-state index in [1.807, 2.05) is 55.9 Å². The number of likely N-dealkylation sites (tertiary alicyclic amines) is 1. The zero-order valence-electron chi connectivity index (χ0n) is 25.7. The van der Waals surface area contributed by atoms with Gasteiger partial charge in [0.1, 0.15) is 22.8 Å². The van der Waals surface area contributed by atoms with E-state index in [2.05, 4.69) is 10.1 Å². The van der Waals surface area contributed by atoms with Crippen molar-refractivity contribution in [1.82, 2.24) is 29.4 Å². The van der Waals surface area contributed by atoms with Crippen LogP contribution < -0.4 is 15.2 Å². The predicted octanol–water partition coefficient (Wildman–Crippen LogP) is 6.44. The molecule has 0 radical (unpaired) electrons. The van der Waals surface area contributed by atoms with Gasteiger partial charge in [-0.3, -0.25) is 4.68 Å². The van der Waals surface area contributed by atoms with Crippen molar-refractivity contribution in [2.45, 2.75) is 51.8 Å². The third-order valence-electron chi connectivity index (χ3n) is 7.63. The maximum Gasteiger partial charge on any atom is 0.410 e. The monoisotopic (exact) mass is 613 g/mol. The Bertz CT molecular complexity index is 1820. The van der Waals surface area contributed by atoms with Crippen molar-refractivity contribution < 1.29 is 23.4 Å². The Morgan fingerprint density at radius 2 is 1.82 bits per heavy atom. The molecule has 1 amide bonds. The highest BCUT2D eigenvalue weighted by Gasteiger charge is 2.28. The highest BCUT2D eigenvalue weighted by Crippen LogP contribution is 2.38. The molecule has 45 heavy (non-hydrogen) atoms. The number of piperidine rings is 1. The molecule has 234 valence electrons. The van der Waals surface area contributed by atoms with Crippen LogP contribution in [-0.4, -0.2) is 61.3 Å². The molecule has 5 aromatic rings. The Labute approximate surface area is 260 Å². The van der Waals surface area contributed by atoms with E-state index in [0.717, 1.165) is 29.7 Å². The second-order valence-corrected chi connectivity index (χ2v) is 12.1. The van der Waals surface area contributed by atoms with E-state index in [9.17, 15) is 9.18 Å². The third kappa shape index (κ3) is 6.54. The van der Waals surface area contributed by atoms with Crippen LogP contribution in [0.25, 0.3) is 22.3 Å². The molecule has 0 bridgehead atoms. The minimum atomic E-state index is -0.572. The first-order valence-corrected chi connectivity index (χ1v) is 14.8. The number of anilines is 1. The largest absolute Gasteiger partial charge is 0.497 e. The standard InChI is InChI=1S/C33H36FN7O4/c1-33(2,3)45-32(42)39-15-12-24(13-16-39)40-20-22(18-37-40)30-29-28(44-27-10-7-23(35)17-26(27)34)11-14-36-31(29)41(38-30)19-21-5-8-25(43-4)9-6-21/h5-11,14,17-18,20,24H,12-13,15-16,19,35H2,1-4H3. The molecular weight excluding hydrogens is 577 g/mol. The molecule has 0 atom stereocenters. The van der Waals surface area contributed by atoms with Crippen LogP contribution in [0.15, 0.2) is 67.1 Å². The van der Waals surface area contributed by atoms with Crippen LogP contribution in [0.1, 0.15) is 45.2 Å². The van der Waals surface area contributed by atoms with Crippen LogP contribution >= 0.6 is 0 Å². The normalized spacial score (nSPS) is 14.1. The number of halogens is 1. The maximum atomic E-state index is 14.8. The smallest absolute Gasteiger partial charge is 0.410 e. The number of nitrogens with two attached hydrogens (primary N) is 1. The summed E-state index contributed by atoms with van der Waals surface area (Å²) in [5.41, 5.74) is 8.46. The fourth-order valence-corrected chi connectivity index (χ4v) is 5.39. The lowest BCUT2D eigenvalue weighted by molar-refractivity contribution is 0.0184. The number of ether oxygens (including phenoxy) is 3. The van der Waals surface area contributed by atoms with Crippen LogP contribution in [-0.2, 0) is 11.3 Å². The Kier molecular flexibility index (Phi) is 8.05. The molecule has 3 aromatic heterocycles. The van der Waals surface area contributed by atoms with E-state index in [1.165, 1.54) is 12.1 Å². The number of pyridine rings is 1. The van der Waals surface area contributed by atoms with Gasteiger partial charge in [-0.1, -0.05) is 12.1 Å². The number of hydrogen-bond donors (Lipinski definition) is 1. The molecule has 1 aliphatic rings. The molecule has 4 heterocycles. The summed E-state index contributed by atoms with van der Waals surface area (Å²) in [4.78, 5) is 18.9.